The molecule has 0 N–H and O–H groups in total. The molecule has 0 fully saturated rings. The number of imidazole rings is 1. The van der Waals surface area contributed by atoms with E-state index in [0.717, 1.165) is 16.9 Å². The van der Waals surface area contributed by atoms with Crippen molar-refractivity contribution < 1.29 is 0 Å². The Bertz CT molecular complexity index is 686. The van der Waals surface area contributed by atoms with Crippen LogP contribution >= 0.6 is 11.6 Å². The lowest BCUT2D eigenvalue weighted by atomic mass is 10.1. The molecule has 3 heteroatoms. The fourth-order valence-corrected chi connectivity index (χ4v) is 2.18. The summed E-state index contributed by atoms with van der Waals surface area (Å²) >= 11 is 6.12. The molecule has 1 aromatic carbocycles. The maximum atomic E-state index is 6.12. The van der Waals surface area contributed by atoms with Crippen LogP contribution in [0.25, 0.3) is 16.9 Å². The summed E-state index contributed by atoms with van der Waals surface area (Å²) in [6.45, 7) is 2.08. The Morgan fingerprint density at radius 3 is 2.65 bits per heavy atom. The summed E-state index contributed by atoms with van der Waals surface area (Å²) in [4.78, 5) is 4.58. The minimum absolute atomic E-state index is 0.676. The SMILES string of the molecule is Cc1ccccc1-c1cn2c(Cl)cccc2n1. The predicted molar refractivity (Wildman–Crippen MR) is 70.4 cm³/mol. The van der Waals surface area contributed by atoms with Crippen LogP contribution in [0.5, 0.6) is 0 Å². The number of hydrogen-bond donors (Lipinski definition) is 0. The van der Waals surface area contributed by atoms with Crippen LogP contribution in [0.1, 0.15) is 5.56 Å². The average molecular weight is 243 g/mol. The van der Waals surface area contributed by atoms with E-state index >= 15 is 0 Å². The maximum Gasteiger partial charge on any atom is 0.138 e. The van der Waals surface area contributed by atoms with Crippen LogP contribution < -0.4 is 0 Å². The van der Waals surface area contributed by atoms with E-state index in [-0.39, 0.29) is 0 Å². The van der Waals surface area contributed by atoms with E-state index in [4.69, 9.17) is 11.6 Å². The lowest BCUT2D eigenvalue weighted by molar-refractivity contribution is 1.19. The van der Waals surface area contributed by atoms with E-state index in [0.29, 0.717) is 5.15 Å². The second kappa shape index (κ2) is 3.90. The molecule has 3 aromatic rings. The summed E-state index contributed by atoms with van der Waals surface area (Å²) in [5.41, 5.74) is 4.19. The van der Waals surface area contributed by atoms with Gasteiger partial charge < -0.3 is 0 Å². The Morgan fingerprint density at radius 1 is 1.06 bits per heavy atom. The highest BCUT2D eigenvalue weighted by molar-refractivity contribution is 6.29. The van der Waals surface area contributed by atoms with Gasteiger partial charge in [-0.2, -0.15) is 0 Å². The zero-order chi connectivity index (χ0) is 11.8. The summed E-state index contributed by atoms with van der Waals surface area (Å²) < 4.78 is 1.89. The van der Waals surface area contributed by atoms with Crippen molar-refractivity contribution >= 4 is 17.2 Å². The number of pyridine rings is 1. The molecular formula is C14H11ClN2. The topological polar surface area (TPSA) is 17.3 Å². The molecule has 0 radical (unpaired) electrons. The summed E-state index contributed by atoms with van der Waals surface area (Å²) in [6, 6.07) is 13.9. The first kappa shape index (κ1) is 10.4. The zero-order valence-corrected chi connectivity index (χ0v) is 10.1. The Kier molecular flexibility index (Phi) is 2.37. The van der Waals surface area contributed by atoms with E-state index in [1.54, 1.807) is 0 Å². The van der Waals surface area contributed by atoms with Crippen LogP contribution in [0.15, 0.2) is 48.7 Å². The molecule has 0 saturated heterocycles. The molecule has 0 bridgehead atoms. The number of halogens is 1. The molecule has 0 aliphatic carbocycles. The van der Waals surface area contributed by atoms with Gasteiger partial charge in [0.1, 0.15) is 10.8 Å². The maximum absolute atomic E-state index is 6.12. The van der Waals surface area contributed by atoms with Crippen LogP contribution in [0.3, 0.4) is 0 Å². The summed E-state index contributed by atoms with van der Waals surface area (Å²) in [5.74, 6) is 0. The number of aryl methyl sites for hydroxylation is 1. The van der Waals surface area contributed by atoms with Crippen molar-refractivity contribution in [2.75, 3.05) is 0 Å². The van der Waals surface area contributed by atoms with Gasteiger partial charge in [-0.3, -0.25) is 4.40 Å². The van der Waals surface area contributed by atoms with Gasteiger partial charge >= 0.3 is 0 Å². The van der Waals surface area contributed by atoms with E-state index in [1.165, 1.54) is 5.56 Å². The van der Waals surface area contributed by atoms with Gasteiger partial charge in [0.2, 0.25) is 0 Å². The van der Waals surface area contributed by atoms with Crippen LogP contribution in [0.2, 0.25) is 5.15 Å². The van der Waals surface area contributed by atoms with Crippen LogP contribution in [-0.4, -0.2) is 9.38 Å². The average Bonchev–Trinajstić information content (AvgIpc) is 2.75. The summed E-state index contributed by atoms with van der Waals surface area (Å²) in [6.07, 6.45) is 1.97. The molecular weight excluding hydrogens is 232 g/mol. The molecule has 0 aliphatic heterocycles. The quantitative estimate of drug-likeness (QED) is 0.591. The first-order valence-electron chi connectivity index (χ1n) is 5.45. The molecule has 0 unspecified atom stereocenters. The highest BCUT2D eigenvalue weighted by Gasteiger charge is 2.07. The van der Waals surface area contributed by atoms with Gasteiger partial charge in [-0.15, -0.1) is 0 Å². The molecule has 0 aliphatic rings. The van der Waals surface area contributed by atoms with E-state index < -0.39 is 0 Å². The lowest BCUT2D eigenvalue weighted by Gasteiger charge is -1.99. The van der Waals surface area contributed by atoms with Crippen molar-refractivity contribution in [1.82, 2.24) is 9.38 Å². The zero-order valence-electron chi connectivity index (χ0n) is 9.39. The van der Waals surface area contributed by atoms with Crippen LogP contribution in [0.4, 0.5) is 0 Å². The van der Waals surface area contributed by atoms with Crippen molar-refractivity contribution in [3.63, 3.8) is 0 Å². The highest BCUT2D eigenvalue weighted by Crippen LogP contribution is 2.24. The van der Waals surface area contributed by atoms with Crippen molar-refractivity contribution in [2.45, 2.75) is 6.92 Å². The summed E-state index contributed by atoms with van der Waals surface area (Å²) in [5, 5.41) is 0.676. The van der Waals surface area contributed by atoms with Gasteiger partial charge in [0, 0.05) is 11.8 Å². The first-order valence-corrected chi connectivity index (χ1v) is 5.83. The fourth-order valence-electron chi connectivity index (χ4n) is 1.97. The van der Waals surface area contributed by atoms with E-state index in [1.807, 2.05) is 40.9 Å². The smallest absolute Gasteiger partial charge is 0.138 e. The van der Waals surface area contributed by atoms with Gasteiger partial charge in [0.05, 0.1) is 5.69 Å². The Labute approximate surface area is 104 Å². The Hall–Kier alpha value is -1.80. The number of rotatable bonds is 1. The molecule has 2 aromatic heterocycles. The summed E-state index contributed by atoms with van der Waals surface area (Å²) in [7, 11) is 0. The standard InChI is InChI=1S/C14H11ClN2/c1-10-5-2-3-6-11(10)12-9-17-13(15)7-4-8-14(17)16-12/h2-9H,1H3. The fraction of sp³-hybridized carbons (Fsp3) is 0.0714. The first-order chi connectivity index (χ1) is 8.25. The Morgan fingerprint density at radius 2 is 1.88 bits per heavy atom. The van der Waals surface area contributed by atoms with Gasteiger partial charge in [-0.25, -0.2) is 4.98 Å². The van der Waals surface area contributed by atoms with Crippen molar-refractivity contribution in [3.8, 4) is 11.3 Å². The van der Waals surface area contributed by atoms with Gasteiger partial charge in [-0.05, 0) is 24.6 Å². The molecule has 0 amide bonds. The Balaban J connectivity index is 2.26. The third-order valence-corrected chi connectivity index (χ3v) is 3.17. The number of aromatic nitrogens is 2. The molecule has 17 heavy (non-hydrogen) atoms. The van der Waals surface area contributed by atoms with Crippen molar-refractivity contribution in [2.24, 2.45) is 0 Å². The lowest BCUT2D eigenvalue weighted by Crippen LogP contribution is -1.82. The monoisotopic (exact) mass is 242 g/mol. The molecule has 0 atom stereocenters. The minimum Gasteiger partial charge on any atom is -0.290 e. The largest absolute Gasteiger partial charge is 0.290 e. The van der Waals surface area contributed by atoms with Gasteiger partial charge in [0.25, 0.3) is 0 Å². The normalized spacial score (nSPS) is 10.9. The number of fused-ring (bicyclic) bond motifs is 1. The van der Waals surface area contributed by atoms with Crippen LogP contribution in [-0.2, 0) is 0 Å². The second-order valence-electron chi connectivity index (χ2n) is 4.02. The van der Waals surface area contributed by atoms with E-state index in [9.17, 15) is 0 Å². The minimum atomic E-state index is 0.676. The second-order valence-corrected chi connectivity index (χ2v) is 4.41. The molecule has 3 rings (SSSR count). The van der Waals surface area contributed by atoms with Gasteiger partial charge in [0.15, 0.2) is 0 Å². The van der Waals surface area contributed by atoms with E-state index in [2.05, 4.69) is 24.0 Å². The molecule has 2 nitrogen and oxygen atoms in total. The van der Waals surface area contributed by atoms with Crippen molar-refractivity contribution in [1.29, 1.82) is 0 Å². The number of benzene rings is 1. The highest BCUT2D eigenvalue weighted by atomic mass is 35.5. The number of hydrogen-bond acceptors (Lipinski definition) is 1. The van der Waals surface area contributed by atoms with Crippen molar-refractivity contribution in [3.05, 3.63) is 59.4 Å². The third-order valence-electron chi connectivity index (χ3n) is 2.86. The predicted octanol–water partition coefficient (Wildman–Crippen LogP) is 3.96. The third kappa shape index (κ3) is 1.71. The number of nitrogens with zero attached hydrogens (tertiary/aromatic N) is 2. The van der Waals surface area contributed by atoms with Crippen LogP contribution in [0, 0.1) is 6.92 Å². The molecule has 84 valence electrons. The molecule has 0 saturated carbocycles. The molecule has 2 heterocycles. The van der Waals surface area contributed by atoms with Gasteiger partial charge in [-0.1, -0.05) is 41.9 Å². The molecule has 0 spiro atoms.